The molecule has 0 fully saturated rings. The summed E-state index contributed by atoms with van der Waals surface area (Å²) in [5, 5.41) is 9.94. The Morgan fingerprint density at radius 2 is 2.11 bits per heavy atom. The molecule has 0 aromatic heterocycles. The normalized spacial score (nSPS) is 16.9. The van der Waals surface area contributed by atoms with Gasteiger partial charge in [-0.1, -0.05) is 30.0 Å². The number of amidine groups is 1. The number of nitrogens with zero attached hydrogens (tertiary/aromatic N) is 3. The summed E-state index contributed by atoms with van der Waals surface area (Å²) >= 11 is 1.37. The number of carbonyl (C=O) groups is 1. The van der Waals surface area contributed by atoms with Gasteiger partial charge in [-0.05, 0) is 18.2 Å². The third-order valence-corrected chi connectivity index (χ3v) is 5.50. The van der Waals surface area contributed by atoms with Crippen molar-refractivity contribution < 1.29 is 14.3 Å². The average molecular weight is 396 g/mol. The number of benzene rings is 2. The van der Waals surface area contributed by atoms with E-state index in [1.54, 1.807) is 32.4 Å². The molecule has 0 saturated carbocycles. The molecule has 2 aromatic rings. The Morgan fingerprint density at radius 1 is 1.25 bits per heavy atom. The van der Waals surface area contributed by atoms with Gasteiger partial charge in [-0.15, -0.1) is 0 Å². The molecule has 4 rings (SSSR count). The first-order valence-corrected chi connectivity index (χ1v) is 9.82. The Labute approximate surface area is 167 Å². The van der Waals surface area contributed by atoms with Gasteiger partial charge in [-0.25, -0.2) is 10.0 Å². The largest absolute Gasteiger partial charge is 0.497 e. The molecule has 0 saturated heterocycles. The highest BCUT2D eigenvalue weighted by Gasteiger charge is 2.32. The van der Waals surface area contributed by atoms with E-state index in [1.807, 2.05) is 29.4 Å². The zero-order valence-corrected chi connectivity index (χ0v) is 16.4. The third-order valence-electron chi connectivity index (χ3n) is 4.55. The van der Waals surface area contributed by atoms with E-state index in [0.717, 1.165) is 22.8 Å². The Hall–Kier alpha value is -3.00. The highest BCUT2D eigenvalue weighted by Crippen LogP contribution is 2.40. The predicted molar refractivity (Wildman–Crippen MR) is 112 cm³/mol. The van der Waals surface area contributed by atoms with Crippen molar-refractivity contribution in [1.82, 2.24) is 5.01 Å². The van der Waals surface area contributed by atoms with E-state index >= 15 is 0 Å². The Bertz CT molecular complexity index is 960. The molecule has 1 atom stereocenters. The van der Waals surface area contributed by atoms with E-state index in [0.29, 0.717) is 17.2 Å². The number of aliphatic imine (C=N–C) groups is 1. The molecule has 0 aliphatic carbocycles. The number of hydrazone groups is 1. The fourth-order valence-electron chi connectivity index (χ4n) is 3.20. The number of fused-ring (bicyclic) bond motifs is 3. The summed E-state index contributed by atoms with van der Waals surface area (Å²) in [5.41, 5.74) is 2.70. The van der Waals surface area contributed by atoms with Gasteiger partial charge in [0.05, 0.1) is 37.4 Å². The van der Waals surface area contributed by atoms with Crippen LogP contribution >= 0.6 is 11.8 Å². The van der Waals surface area contributed by atoms with E-state index in [1.165, 1.54) is 11.8 Å². The minimum Gasteiger partial charge on any atom is -0.497 e. The van der Waals surface area contributed by atoms with Crippen LogP contribution in [0, 0.1) is 0 Å². The molecule has 144 valence electrons. The number of nitrogens with one attached hydrogen (secondary N) is 1. The standard InChI is InChI=1S/C20H20N4O3S/c1-26-13-7-8-16(18(11-13)27-2)22-19(25)12-28-20-23-15-6-4-3-5-14(15)17-9-10-21-24(17)20/h3-8,10-11,17H,9,12H2,1-2H3,(H,22,25). The summed E-state index contributed by atoms with van der Waals surface area (Å²) in [6, 6.07) is 13.5. The predicted octanol–water partition coefficient (Wildman–Crippen LogP) is 3.81. The molecule has 28 heavy (non-hydrogen) atoms. The number of hydrogen-bond acceptors (Lipinski definition) is 7. The zero-order valence-electron chi connectivity index (χ0n) is 15.6. The summed E-state index contributed by atoms with van der Waals surface area (Å²) in [5.74, 6) is 1.28. The topological polar surface area (TPSA) is 75.5 Å². The second kappa shape index (κ2) is 7.93. The monoisotopic (exact) mass is 396 g/mol. The van der Waals surface area contributed by atoms with Gasteiger partial charge >= 0.3 is 0 Å². The highest BCUT2D eigenvalue weighted by atomic mass is 32.2. The van der Waals surface area contributed by atoms with E-state index in [2.05, 4.69) is 16.5 Å². The van der Waals surface area contributed by atoms with Crippen LogP contribution in [0.2, 0.25) is 0 Å². The van der Waals surface area contributed by atoms with Crippen LogP contribution in [0.5, 0.6) is 11.5 Å². The summed E-state index contributed by atoms with van der Waals surface area (Å²) in [4.78, 5) is 17.2. The molecule has 0 radical (unpaired) electrons. The van der Waals surface area contributed by atoms with Gasteiger partial charge in [0.2, 0.25) is 5.91 Å². The third kappa shape index (κ3) is 3.55. The van der Waals surface area contributed by atoms with Crippen molar-refractivity contribution in [2.45, 2.75) is 12.5 Å². The first kappa shape index (κ1) is 18.4. The number of carbonyl (C=O) groups excluding carboxylic acids is 1. The van der Waals surface area contributed by atoms with Gasteiger partial charge in [-0.2, -0.15) is 5.10 Å². The van der Waals surface area contributed by atoms with Crippen molar-refractivity contribution in [3.63, 3.8) is 0 Å². The van der Waals surface area contributed by atoms with Crippen molar-refractivity contribution in [2.24, 2.45) is 10.1 Å². The van der Waals surface area contributed by atoms with Crippen LogP contribution in [0.25, 0.3) is 0 Å². The summed E-state index contributed by atoms with van der Waals surface area (Å²) in [6.07, 6.45) is 2.73. The molecule has 1 amide bonds. The van der Waals surface area contributed by atoms with Gasteiger partial charge in [0.1, 0.15) is 11.5 Å². The second-order valence-corrected chi connectivity index (χ2v) is 7.19. The minimum atomic E-state index is -0.144. The zero-order chi connectivity index (χ0) is 19.5. The van der Waals surface area contributed by atoms with Gasteiger partial charge in [0, 0.05) is 24.3 Å². The molecule has 2 aromatic carbocycles. The van der Waals surface area contributed by atoms with Crippen LogP contribution in [0.3, 0.4) is 0 Å². The smallest absolute Gasteiger partial charge is 0.234 e. The minimum absolute atomic E-state index is 0.144. The summed E-state index contributed by atoms with van der Waals surface area (Å²) < 4.78 is 10.5. The lowest BCUT2D eigenvalue weighted by atomic mass is 10.0. The van der Waals surface area contributed by atoms with Crippen molar-refractivity contribution in [3.05, 3.63) is 48.0 Å². The Morgan fingerprint density at radius 3 is 2.93 bits per heavy atom. The summed E-state index contributed by atoms with van der Waals surface area (Å²) in [7, 11) is 3.14. The number of methoxy groups -OCH3 is 2. The number of anilines is 1. The number of thioether (sulfide) groups is 1. The number of ether oxygens (including phenoxy) is 2. The van der Waals surface area contributed by atoms with E-state index in [4.69, 9.17) is 14.5 Å². The van der Waals surface area contributed by atoms with Gasteiger partial charge in [-0.3, -0.25) is 4.79 Å². The van der Waals surface area contributed by atoms with Crippen LogP contribution in [-0.4, -0.2) is 42.3 Å². The SMILES string of the molecule is COc1ccc(NC(=O)CSC2=Nc3ccccc3C3CC=NN23)c(OC)c1. The second-order valence-electron chi connectivity index (χ2n) is 6.25. The number of rotatable bonds is 5. The van der Waals surface area contributed by atoms with Gasteiger partial charge in [0.25, 0.3) is 0 Å². The molecule has 0 bridgehead atoms. The van der Waals surface area contributed by atoms with Gasteiger partial charge < -0.3 is 14.8 Å². The number of para-hydroxylation sites is 1. The quantitative estimate of drug-likeness (QED) is 0.832. The molecular formula is C20H20N4O3S. The van der Waals surface area contributed by atoms with Crippen LogP contribution in [0.15, 0.2) is 52.6 Å². The molecule has 1 N–H and O–H groups in total. The molecule has 2 aliphatic rings. The summed E-state index contributed by atoms with van der Waals surface area (Å²) in [6.45, 7) is 0. The van der Waals surface area contributed by atoms with Crippen molar-refractivity contribution in [1.29, 1.82) is 0 Å². The molecule has 7 nitrogen and oxygen atoms in total. The highest BCUT2D eigenvalue weighted by molar-refractivity contribution is 8.14. The van der Waals surface area contributed by atoms with E-state index < -0.39 is 0 Å². The Balaban J connectivity index is 1.45. The Kier molecular flexibility index (Phi) is 5.21. The van der Waals surface area contributed by atoms with Crippen LogP contribution in [0.1, 0.15) is 18.0 Å². The lowest BCUT2D eigenvalue weighted by Crippen LogP contribution is -2.29. The van der Waals surface area contributed by atoms with Crippen molar-refractivity contribution in [2.75, 3.05) is 25.3 Å². The lowest BCUT2D eigenvalue weighted by molar-refractivity contribution is -0.113. The maximum Gasteiger partial charge on any atom is 0.234 e. The first-order valence-electron chi connectivity index (χ1n) is 8.83. The van der Waals surface area contributed by atoms with Crippen molar-refractivity contribution in [3.8, 4) is 11.5 Å². The maximum absolute atomic E-state index is 12.5. The molecule has 1 unspecified atom stereocenters. The average Bonchev–Trinajstić information content (AvgIpc) is 3.22. The number of hydrogen-bond donors (Lipinski definition) is 1. The molecular weight excluding hydrogens is 376 g/mol. The van der Waals surface area contributed by atoms with E-state index in [-0.39, 0.29) is 17.7 Å². The van der Waals surface area contributed by atoms with Gasteiger partial charge in [0.15, 0.2) is 5.17 Å². The number of amides is 1. The molecule has 2 heterocycles. The fourth-order valence-corrected chi connectivity index (χ4v) is 4.00. The van der Waals surface area contributed by atoms with Crippen LogP contribution in [0.4, 0.5) is 11.4 Å². The van der Waals surface area contributed by atoms with Crippen LogP contribution < -0.4 is 14.8 Å². The molecule has 8 heteroatoms. The van der Waals surface area contributed by atoms with Crippen molar-refractivity contribution >= 4 is 40.4 Å². The molecule has 0 spiro atoms. The van der Waals surface area contributed by atoms with Crippen LogP contribution in [-0.2, 0) is 4.79 Å². The van der Waals surface area contributed by atoms with E-state index in [9.17, 15) is 4.79 Å². The fraction of sp³-hybridized carbons (Fsp3) is 0.250. The lowest BCUT2D eigenvalue weighted by Gasteiger charge is -2.29. The maximum atomic E-state index is 12.5. The first-order chi connectivity index (χ1) is 13.7. The molecule has 2 aliphatic heterocycles.